The number of halogens is 1. The van der Waals surface area contributed by atoms with Gasteiger partial charge in [0.2, 0.25) is 0 Å². The van der Waals surface area contributed by atoms with E-state index < -0.39 is 0 Å². The van der Waals surface area contributed by atoms with E-state index >= 15 is 0 Å². The highest BCUT2D eigenvalue weighted by Crippen LogP contribution is 2.30. The van der Waals surface area contributed by atoms with E-state index in [0.29, 0.717) is 6.04 Å². The first kappa shape index (κ1) is 13.3. The maximum Gasteiger partial charge on any atom is 0.113 e. The fourth-order valence-electron chi connectivity index (χ4n) is 2.23. The molecule has 1 aliphatic carbocycles. The first-order valence-corrected chi connectivity index (χ1v) is 6.85. The van der Waals surface area contributed by atoms with E-state index in [2.05, 4.69) is 51.7 Å². The molecule has 0 atom stereocenters. The first-order chi connectivity index (χ1) is 6.96. The molecule has 1 saturated carbocycles. The molecule has 1 aliphatic rings. The number of hydrogen-bond acceptors (Lipinski definition) is 1. The molecule has 0 aromatic carbocycles. The van der Waals surface area contributed by atoms with Crippen molar-refractivity contribution in [2.45, 2.75) is 58.9 Å². The minimum atomic E-state index is 0.160. The summed E-state index contributed by atoms with van der Waals surface area (Å²) in [6.45, 7) is 6.72. The molecule has 0 N–H and O–H groups in total. The summed E-state index contributed by atoms with van der Waals surface area (Å²) in [5.41, 5.74) is 0.160. The maximum absolute atomic E-state index is 4.47. The van der Waals surface area contributed by atoms with Gasteiger partial charge in [-0.15, -0.1) is 0 Å². The lowest BCUT2D eigenvalue weighted by Crippen LogP contribution is -2.40. The number of hydrogen-bond donors (Lipinski definition) is 0. The van der Waals surface area contributed by atoms with Crippen molar-refractivity contribution >= 4 is 28.7 Å². The van der Waals surface area contributed by atoms with Gasteiger partial charge in [-0.05, 0) is 12.8 Å². The summed E-state index contributed by atoms with van der Waals surface area (Å²) in [5.74, 6) is 1.23. The second-order valence-corrected chi connectivity index (χ2v) is 6.44. The van der Waals surface area contributed by atoms with Crippen molar-refractivity contribution in [3.8, 4) is 0 Å². The van der Waals surface area contributed by atoms with Gasteiger partial charge in [0.05, 0.1) is 22.9 Å². The zero-order valence-electron chi connectivity index (χ0n) is 10.4. The second-order valence-electron chi connectivity index (χ2n) is 5.40. The summed E-state index contributed by atoms with van der Waals surface area (Å²) in [4.78, 5) is 4.47. The van der Waals surface area contributed by atoms with Crippen LogP contribution < -0.4 is 0 Å². The average Bonchev–Trinajstić information content (AvgIpc) is 2.18. The van der Waals surface area contributed by atoms with E-state index in [1.807, 2.05) is 7.05 Å². The molecule has 0 aromatic rings. The third-order valence-corrected chi connectivity index (χ3v) is 4.23. The van der Waals surface area contributed by atoms with Crippen molar-refractivity contribution in [3.63, 3.8) is 0 Å². The Bertz CT molecular complexity index is 224. The first-order valence-electron chi connectivity index (χ1n) is 5.89. The molecular weight excluding hydrogens is 299 g/mol. The average molecular weight is 322 g/mol. The molecule has 0 spiro atoms. The van der Waals surface area contributed by atoms with E-state index in [9.17, 15) is 0 Å². The van der Waals surface area contributed by atoms with Crippen LogP contribution >= 0.6 is 22.9 Å². The van der Waals surface area contributed by atoms with Crippen LogP contribution in [0.3, 0.4) is 0 Å². The fraction of sp³-hybridized carbons (Fsp3) is 0.917. The van der Waals surface area contributed by atoms with E-state index in [1.165, 1.54) is 37.9 Å². The van der Waals surface area contributed by atoms with Gasteiger partial charge in [-0.3, -0.25) is 8.11 Å². The lowest BCUT2D eigenvalue weighted by atomic mass is 9.91. The fourth-order valence-corrected chi connectivity index (χ4v) is 3.73. The smallest absolute Gasteiger partial charge is 0.113 e. The molecule has 0 amide bonds. The normalized spacial score (nSPS) is 20.5. The lowest BCUT2D eigenvalue weighted by molar-refractivity contribution is 0.340. The quantitative estimate of drug-likeness (QED) is 0.308. The van der Waals surface area contributed by atoms with Gasteiger partial charge < -0.3 is 0 Å². The molecule has 1 fully saturated rings. The Labute approximate surface area is 108 Å². The molecule has 0 heterocycles. The van der Waals surface area contributed by atoms with Gasteiger partial charge in [0.1, 0.15) is 5.84 Å². The van der Waals surface area contributed by atoms with E-state index in [1.54, 1.807) is 0 Å². The van der Waals surface area contributed by atoms with Crippen LogP contribution in [0.25, 0.3) is 0 Å². The summed E-state index contributed by atoms with van der Waals surface area (Å²) in [6.07, 6.45) is 6.84. The number of amidine groups is 1. The molecule has 0 saturated heterocycles. The lowest BCUT2D eigenvalue weighted by Gasteiger charge is -2.36. The summed E-state index contributed by atoms with van der Waals surface area (Å²) in [7, 11) is 1.91. The molecule has 0 unspecified atom stereocenters. The molecule has 3 heteroatoms. The molecule has 2 nitrogen and oxygen atoms in total. The summed E-state index contributed by atoms with van der Waals surface area (Å²) in [6, 6.07) is 0.706. The van der Waals surface area contributed by atoms with Crippen LogP contribution in [0.15, 0.2) is 4.99 Å². The van der Waals surface area contributed by atoms with Gasteiger partial charge in [-0.2, -0.15) is 0 Å². The van der Waals surface area contributed by atoms with E-state index in [-0.39, 0.29) is 5.41 Å². The molecule has 0 bridgehead atoms. The third kappa shape index (κ3) is 3.61. The van der Waals surface area contributed by atoms with E-state index in [4.69, 9.17) is 0 Å². The largest absolute Gasteiger partial charge is 0.299 e. The molecule has 0 radical (unpaired) electrons. The predicted molar refractivity (Wildman–Crippen MR) is 75.5 cm³/mol. The topological polar surface area (TPSA) is 15.6 Å². The van der Waals surface area contributed by atoms with Gasteiger partial charge in [0.25, 0.3) is 0 Å². The highest BCUT2D eigenvalue weighted by molar-refractivity contribution is 14.1. The summed E-state index contributed by atoms with van der Waals surface area (Å²) in [5, 5.41) is 0. The second kappa shape index (κ2) is 5.51. The minimum absolute atomic E-state index is 0.160. The van der Waals surface area contributed by atoms with Crippen LogP contribution in [0.5, 0.6) is 0 Å². The monoisotopic (exact) mass is 322 g/mol. The van der Waals surface area contributed by atoms with Crippen molar-refractivity contribution in [3.05, 3.63) is 0 Å². The van der Waals surface area contributed by atoms with Crippen molar-refractivity contribution in [1.82, 2.24) is 3.11 Å². The Morgan fingerprint density at radius 3 is 2.13 bits per heavy atom. The zero-order valence-corrected chi connectivity index (χ0v) is 12.5. The van der Waals surface area contributed by atoms with E-state index in [0.717, 1.165) is 0 Å². The standard InChI is InChI=1S/C12H23IN2/c1-12(2,3)11(14-4)15(13)10-8-6-5-7-9-10/h10H,5-9H2,1-4H3. The van der Waals surface area contributed by atoms with Gasteiger partial charge >= 0.3 is 0 Å². The highest BCUT2D eigenvalue weighted by Gasteiger charge is 2.28. The van der Waals surface area contributed by atoms with Gasteiger partial charge in [0, 0.05) is 18.5 Å². The molecule has 0 aromatic heterocycles. The van der Waals surface area contributed by atoms with Gasteiger partial charge in [0.15, 0.2) is 0 Å². The van der Waals surface area contributed by atoms with Crippen molar-refractivity contribution in [2.75, 3.05) is 7.05 Å². The number of aliphatic imine (C=N–C) groups is 1. The molecule has 0 aliphatic heterocycles. The maximum atomic E-state index is 4.47. The molecule has 1 rings (SSSR count). The number of rotatable bonds is 1. The Morgan fingerprint density at radius 1 is 1.20 bits per heavy atom. The SMILES string of the molecule is CN=C(N(I)C1CCCCC1)C(C)(C)C. The Hall–Kier alpha value is 0.200. The minimum Gasteiger partial charge on any atom is -0.299 e. The Balaban J connectivity index is 2.68. The van der Waals surface area contributed by atoms with Crippen molar-refractivity contribution in [1.29, 1.82) is 0 Å². The van der Waals surface area contributed by atoms with Crippen LogP contribution in [0, 0.1) is 5.41 Å². The summed E-state index contributed by atoms with van der Waals surface area (Å²) < 4.78 is 2.39. The van der Waals surface area contributed by atoms with Crippen LogP contribution in [0.1, 0.15) is 52.9 Å². The van der Waals surface area contributed by atoms with Crippen molar-refractivity contribution in [2.24, 2.45) is 10.4 Å². The van der Waals surface area contributed by atoms with Gasteiger partial charge in [-0.1, -0.05) is 40.0 Å². The zero-order chi connectivity index (χ0) is 11.5. The Morgan fingerprint density at radius 2 is 1.73 bits per heavy atom. The van der Waals surface area contributed by atoms with Crippen LogP contribution in [0.2, 0.25) is 0 Å². The Kier molecular flexibility index (Phi) is 4.87. The van der Waals surface area contributed by atoms with Gasteiger partial charge in [-0.25, -0.2) is 0 Å². The number of nitrogens with zero attached hydrogens (tertiary/aromatic N) is 2. The summed E-state index contributed by atoms with van der Waals surface area (Å²) >= 11 is 2.45. The highest BCUT2D eigenvalue weighted by atomic mass is 127. The van der Waals surface area contributed by atoms with Crippen LogP contribution in [0.4, 0.5) is 0 Å². The molecule has 15 heavy (non-hydrogen) atoms. The third-order valence-electron chi connectivity index (χ3n) is 2.98. The molecular formula is C12H23IN2. The van der Waals surface area contributed by atoms with Crippen LogP contribution in [-0.4, -0.2) is 22.0 Å². The van der Waals surface area contributed by atoms with Crippen LogP contribution in [-0.2, 0) is 0 Å². The van der Waals surface area contributed by atoms with Crippen molar-refractivity contribution < 1.29 is 0 Å². The molecule has 88 valence electrons. The predicted octanol–water partition coefficient (Wildman–Crippen LogP) is 4.05.